The van der Waals surface area contributed by atoms with Gasteiger partial charge in [0.05, 0.1) is 15.0 Å². The monoisotopic (exact) mass is 422 g/mol. The predicted octanol–water partition coefficient (Wildman–Crippen LogP) is 4.38. The van der Waals surface area contributed by atoms with Gasteiger partial charge in [-0.05, 0) is 68.1 Å². The minimum atomic E-state index is -0.670. The maximum atomic E-state index is 14.0. The van der Waals surface area contributed by atoms with Gasteiger partial charge in [0.1, 0.15) is 17.5 Å². The van der Waals surface area contributed by atoms with Crippen molar-refractivity contribution in [2.24, 2.45) is 5.84 Å². The number of nitrogens with two attached hydrogens (primary N) is 1. The van der Waals surface area contributed by atoms with E-state index >= 15 is 0 Å². The molecule has 0 aliphatic heterocycles. The molecule has 0 aliphatic carbocycles. The molecular formula is C14H11Br2F3N2. The first-order valence-corrected chi connectivity index (χ1v) is 7.56. The lowest BCUT2D eigenvalue weighted by molar-refractivity contribution is 0.497. The molecule has 0 spiro atoms. The maximum Gasteiger partial charge on any atom is 0.143 e. The van der Waals surface area contributed by atoms with Gasteiger partial charge in [-0.25, -0.2) is 13.2 Å². The zero-order chi connectivity index (χ0) is 15.6. The highest BCUT2D eigenvalue weighted by Gasteiger charge is 2.19. The number of hydrogen-bond donors (Lipinski definition) is 2. The molecule has 0 aromatic heterocycles. The van der Waals surface area contributed by atoms with E-state index in [0.717, 1.165) is 0 Å². The molecule has 21 heavy (non-hydrogen) atoms. The van der Waals surface area contributed by atoms with Gasteiger partial charge >= 0.3 is 0 Å². The molecule has 0 saturated carbocycles. The van der Waals surface area contributed by atoms with Crippen LogP contribution in [0.3, 0.4) is 0 Å². The van der Waals surface area contributed by atoms with Crippen LogP contribution in [0.5, 0.6) is 0 Å². The summed E-state index contributed by atoms with van der Waals surface area (Å²) in [6.07, 6.45) is -0.00825. The van der Waals surface area contributed by atoms with Gasteiger partial charge in [0.2, 0.25) is 0 Å². The Kier molecular flexibility index (Phi) is 5.43. The van der Waals surface area contributed by atoms with E-state index < -0.39 is 23.5 Å². The highest BCUT2D eigenvalue weighted by molar-refractivity contribution is 9.10. The fourth-order valence-corrected chi connectivity index (χ4v) is 2.73. The fourth-order valence-electron chi connectivity index (χ4n) is 1.96. The van der Waals surface area contributed by atoms with Crippen molar-refractivity contribution in [2.45, 2.75) is 12.5 Å². The Morgan fingerprint density at radius 3 is 2.29 bits per heavy atom. The molecule has 0 saturated heterocycles. The second kappa shape index (κ2) is 6.91. The Bertz CT molecular complexity index is 665. The summed E-state index contributed by atoms with van der Waals surface area (Å²) >= 11 is 6.09. The van der Waals surface area contributed by atoms with E-state index in [1.54, 1.807) is 0 Å². The Labute approximate surface area is 136 Å². The summed E-state index contributed by atoms with van der Waals surface area (Å²) in [5.74, 6) is 3.72. The third kappa shape index (κ3) is 3.66. The number of rotatable bonds is 4. The summed E-state index contributed by atoms with van der Waals surface area (Å²) in [5, 5.41) is 0. The van der Waals surface area contributed by atoms with Crippen LogP contribution in [0, 0.1) is 17.5 Å². The molecule has 1 atom stereocenters. The van der Waals surface area contributed by atoms with Gasteiger partial charge in [-0.1, -0.05) is 6.07 Å². The highest BCUT2D eigenvalue weighted by Crippen LogP contribution is 2.28. The van der Waals surface area contributed by atoms with Crippen molar-refractivity contribution >= 4 is 31.9 Å². The van der Waals surface area contributed by atoms with Gasteiger partial charge in [-0.15, -0.1) is 0 Å². The molecule has 0 bridgehead atoms. The molecule has 0 fully saturated rings. The van der Waals surface area contributed by atoms with E-state index in [9.17, 15) is 13.2 Å². The topological polar surface area (TPSA) is 38.0 Å². The average molecular weight is 424 g/mol. The van der Waals surface area contributed by atoms with Crippen molar-refractivity contribution in [3.63, 3.8) is 0 Å². The smallest absolute Gasteiger partial charge is 0.143 e. The van der Waals surface area contributed by atoms with Crippen molar-refractivity contribution in [3.8, 4) is 0 Å². The van der Waals surface area contributed by atoms with Crippen molar-refractivity contribution < 1.29 is 13.2 Å². The van der Waals surface area contributed by atoms with Crippen LogP contribution in [0.1, 0.15) is 17.2 Å². The summed E-state index contributed by atoms with van der Waals surface area (Å²) in [7, 11) is 0. The van der Waals surface area contributed by atoms with Crippen LogP contribution in [0.15, 0.2) is 39.3 Å². The van der Waals surface area contributed by atoms with E-state index in [1.807, 2.05) is 0 Å². The molecule has 7 heteroatoms. The van der Waals surface area contributed by atoms with E-state index in [0.29, 0.717) is 5.56 Å². The highest BCUT2D eigenvalue weighted by atomic mass is 79.9. The van der Waals surface area contributed by atoms with Gasteiger partial charge in [0.15, 0.2) is 0 Å². The van der Waals surface area contributed by atoms with Crippen molar-refractivity contribution in [3.05, 3.63) is 67.9 Å². The average Bonchev–Trinajstić information content (AvgIpc) is 2.47. The minimum Gasteiger partial charge on any atom is -0.271 e. The van der Waals surface area contributed by atoms with Gasteiger partial charge < -0.3 is 0 Å². The van der Waals surface area contributed by atoms with Gasteiger partial charge in [-0.3, -0.25) is 11.3 Å². The van der Waals surface area contributed by atoms with Crippen LogP contribution in [0.2, 0.25) is 0 Å². The molecule has 0 radical (unpaired) electrons. The molecule has 2 nitrogen and oxygen atoms in total. The molecule has 2 rings (SSSR count). The number of nitrogens with one attached hydrogen (secondary N) is 1. The standard InChI is InChI=1S/C14H11Br2F3N2/c15-9-2-4-11(17)8(14(9)19)6-13(21-20)7-1-3-12(18)10(16)5-7/h1-5,13,21H,6,20H2. The number of hydrazine groups is 1. The van der Waals surface area contributed by atoms with Gasteiger partial charge in [-0.2, -0.15) is 0 Å². The first-order valence-electron chi connectivity index (χ1n) is 5.97. The predicted molar refractivity (Wildman–Crippen MR) is 81.9 cm³/mol. The van der Waals surface area contributed by atoms with Crippen molar-refractivity contribution in [1.82, 2.24) is 5.43 Å². The molecule has 2 aromatic carbocycles. The number of hydrogen-bond acceptors (Lipinski definition) is 2. The van der Waals surface area contributed by atoms with Gasteiger partial charge in [0, 0.05) is 5.56 Å². The lowest BCUT2D eigenvalue weighted by atomic mass is 9.98. The fraction of sp³-hybridized carbons (Fsp3) is 0.143. The van der Waals surface area contributed by atoms with E-state index in [-0.39, 0.29) is 20.9 Å². The summed E-state index contributed by atoms with van der Waals surface area (Å²) in [6.45, 7) is 0. The minimum absolute atomic E-state index is 0.00825. The lowest BCUT2D eigenvalue weighted by Gasteiger charge is -2.18. The Morgan fingerprint density at radius 1 is 1.00 bits per heavy atom. The first kappa shape index (κ1) is 16.5. The molecule has 3 N–H and O–H groups in total. The normalized spacial score (nSPS) is 12.5. The van der Waals surface area contributed by atoms with Crippen LogP contribution < -0.4 is 11.3 Å². The molecule has 0 aliphatic rings. The zero-order valence-electron chi connectivity index (χ0n) is 10.6. The largest absolute Gasteiger partial charge is 0.271 e. The Hall–Kier alpha value is -0.890. The third-order valence-electron chi connectivity index (χ3n) is 3.09. The van der Waals surface area contributed by atoms with Crippen LogP contribution in [-0.4, -0.2) is 0 Å². The number of benzene rings is 2. The van der Waals surface area contributed by atoms with Crippen molar-refractivity contribution in [1.29, 1.82) is 0 Å². The van der Waals surface area contributed by atoms with Crippen LogP contribution in [-0.2, 0) is 6.42 Å². The zero-order valence-corrected chi connectivity index (χ0v) is 13.8. The summed E-state index contributed by atoms with van der Waals surface area (Å²) in [5.41, 5.74) is 3.02. The Balaban J connectivity index is 2.35. The molecule has 1 unspecified atom stereocenters. The van der Waals surface area contributed by atoms with Crippen LogP contribution in [0.25, 0.3) is 0 Å². The van der Waals surface area contributed by atoms with E-state index in [4.69, 9.17) is 5.84 Å². The van der Waals surface area contributed by atoms with Crippen LogP contribution >= 0.6 is 31.9 Å². The summed E-state index contributed by atoms with van der Waals surface area (Å²) < 4.78 is 41.5. The lowest BCUT2D eigenvalue weighted by Crippen LogP contribution is -2.30. The van der Waals surface area contributed by atoms with Crippen molar-refractivity contribution in [2.75, 3.05) is 0 Å². The molecular weight excluding hydrogens is 413 g/mol. The summed E-state index contributed by atoms with van der Waals surface area (Å²) in [4.78, 5) is 0. The maximum absolute atomic E-state index is 14.0. The SMILES string of the molecule is NNC(Cc1c(F)ccc(Br)c1F)c1ccc(F)c(Br)c1. The number of halogens is 5. The molecule has 2 aromatic rings. The second-order valence-corrected chi connectivity index (χ2v) is 6.13. The molecule has 0 heterocycles. The second-order valence-electron chi connectivity index (χ2n) is 4.42. The first-order chi connectivity index (χ1) is 9.93. The van der Waals surface area contributed by atoms with Crippen LogP contribution in [0.4, 0.5) is 13.2 Å². The quantitative estimate of drug-likeness (QED) is 0.435. The molecule has 0 amide bonds. The van der Waals surface area contributed by atoms with Gasteiger partial charge in [0.25, 0.3) is 0 Å². The molecule has 112 valence electrons. The summed E-state index contributed by atoms with van der Waals surface area (Å²) in [6, 6.07) is 6.22. The Morgan fingerprint density at radius 2 is 1.67 bits per heavy atom. The van der Waals surface area contributed by atoms with E-state index in [1.165, 1.54) is 30.3 Å². The third-order valence-corrected chi connectivity index (χ3v) is 4.31. The van der Waals surface area contributed by atoms with E-state index in [2.05, 4.69) is 37.3 Å².